The molecule has 25 heavy (non-hydrogen) atoms. The van der Waals surface area contributed by atoms with Gasteiger partial charge in [-0.1, -0.05) is 44.7 Å². The molecule has 1 aliphatic carbocycles. The van der Waals surface area contributed by atoms with Crippen LogP contribution in [-0.2, 0) is 16.1 Å². The molecule has 2 rings (SSSR count). The minimum atomic E-state index is -0.913. The van der Waals surface area contributed by atoms with E-state index in [1.165, 1.54) is 0 Å². The molecule has 6 heteroatoms. The van der Waals surface area contributed by atoms with Gasteiger partial charge >= 0.3 is 0 Å². The van der Waals surface area contributed by atoms with Crippen molar-refractivity contribution in [3.8, 4) is 5.75 Å². The first-order valence-electron chi connectivity index (χ1n) is 8.37. The van der Waals surface area contributed by atoms with Crippen molar-refractivity contribution >= 4 is 18.3 Å². The standard InChI is InChI=1S/C19H28N2O3.ClH/c1-5-11-24-15-10-8-7-9-14(15)13-21-17(22)19(20)12-16(23-6-2)18(19,3)4;/h5,7-10,16H,1,6,11-13,20H2,2-4H3,(H,21,22);1H. The van der Waals surface area contributed by atoms with Crippen LogP contribution in [0.15, 0.2) is 36.9 Å². The average Bonchev–Trinajstić information content (AvgIpc) is 2.58. The molecule has 0 saturated heterocycles. The van der Waals surface area contributed by atoms with Crippen LogP contribution < -0.4 is 15.8 Å². The molecule has 140 valence electrons. The minimum absolute atomic E-state index is 0. The Hall–Kier alpha value is -1.56. The highest BCUT2D eigenvalue weighted by Crippen LogP contribution is 2.49. The summed E-state index contributed by atoms with van der Waals surface area (Å²) in [5.74, 6) is 0.589. The van der Waals surface area contributed by atoms with Crippen LogP contribution in [0.5, 0.6) is 5.75 Å². The Balaban J connectivity index is 0.00000312. The molecule has 2 unspecified atom stereocenters. The molecule has 1 aromatic rings. The van der Waals surface area contributed by atoms with Gasteiger partial charge in [0.2, 0.25) is 5.91 Å². The largest absolute Gasteiger partial charge is 0.489 e. The Bertz CT molecular complexity index is 606. The fourth-order valence-electron chi connectivity index (χ4n) is 3.09. The molecule has 1 amide bonds. The summed E-state index contributed by atoms with van der Waals surface area (Å²) in [4.78, 5) is 12.7. The second kappa shape index (κ2) is 8.70. The molecule has 0 radical (unpaired) electrons. The third kappa shape index (κ3) is 4.17. The lowest BCUT2D eigenvalue weighted by molar-refractivity contribution is -0.170. The number of carbonyl (C=O) groups excluding carboxylic acids is 1. The third-order valence-electron chi connectivity index (χ3n) is 5.00. The SMILES string of the molecule is C=CCOc1ccccc1CNC(=O)C1(N)CC(OCC)C1(C)C.Cl. The van der Waals surface area contributed by atoms with Crippen molar-refractivity contribution < 1.29 is 14.3 Å². The van der Waals surface area contributed by atoms with Crippen LogP contribution >= 0.6 is 12.4 Å². The van der Waals surface area contributed by atoms with Crippen molar-refractivity contribution in [3.05, 3.63) is 42.5 Å². The minimum Gasteiger partial charge on any atom is -0.489 e. The maximum absolute atomic E-state index is 12.7. The number of hydrogen-bond acceptors (Lipinski definition) is 4. The van der Waals surface area contributed by atoms with Crippen molar-refractivity contribution in [3.63, 3.8) is 0 Å². The maximum Gasteiger partial charge on any atom is 0.241 e. The lowest BCUT2D eigenvalue weighted by Crippen LogP contribution is -2.75. The molecule has 0 spiro atoms. The first-order chi connectivity index (χ1) is 11.4. The van der Waals surface area contributed by atoms with Crippen LogP contribution in [0.25, 0.3) is 0 Å². The molecular weight excluding hydrogens is 340 g/mol. The number of ether oxygens (including phenoxy) is 2. The van der Waals surface area contributed by atoms with E-state index in [0.29, 0.717) is 26.2 Å². The van der Waals surface area contributed by atoms with E-state index in [1.54, 1.807) is 6.08 Å². The topological polar surface area (TPSA) is 73.6 Å². The van der Waals surface area contributed by atoms with Gasteiger partial charge in [-0.25, -0.2) is 0 Å². The molecule has 0 aromatic heterocycles. The predicted octanol–water partition coefficient (Wildman–Crippen LogP) is 2.82. The van der Waals surface area contributed by atoms with Crippen LogP contribution in [0.4, 0.5) is 0 Å². The van der Waals surface area contributed by atoms with Crippen molar-refractivity contribution in [2.45, 2.75) is 45.4 Å². The van der Waals surface area contributed by atoms with Crippen molar-refractivity contribution in [1.29, 1.82) is 0 Å². The lowest BCUT2D eigenvalue weighted by atomic mass is 9.54. The van der Waals surface area contributed by atoms with Gasteiger partial charge in [0.15, 0.2) is 0 Å². The molecule has 1 fully saturated rings. The number of amides is 1. The van der Waals surface area contributed by atoms with E-state index in [-0.39, 0.29) is 24.4 Å². The van der Waals surface area contributed by atoms with Gasteiger partial charge < -0.3 is 20.5 Å². The number of carbonyl (C=O) groups is 1. The summed E-state index contributed by atoms with van der Waals surface area (Å²) in [7, 11) is 0. The number of nitrogens with two attached hydrogens (primary N) is 1. The summed E-state index contributed by atoms with van der Waals surface area (Å²) in [6.07, 6.45) is 2.24. The molecule has 5 nitrogen and oxygen atoms in total. The van der Waals surface area contributed by atoms with Crippen molar-refractivity contribution in [2.75, 3.05) is 13.2 Å². The summed E-state index contributed by atoms with van der Waals surface area (Å²) < 4.78 is 11.3. The van der Waals surface area contributed by atoms with Gasteiger partial charge in [0.25, 0.3) is 0 Å². The van der Waals surface area contributed by atoms with E-state index in [9.17, 15) is 4.79 Å². The van der Waals surface area contributed by atoms with Gasteiger partial charge in [0.05, 0.1) is 6.10 Å². The van der Waals surface area contributed by atoms with Gasteiger partial charge in [0, 0.05) is 30.6 Å². The Kier molecular flexibility index (Phi) is 7.47. The highest BCUT2D eigenvalue weighted by atomic mass is 35.5. The Morgan fingerprint density at radius 3 is 2.72 bits per heavy atom. The first kappa shape index (κ1) is 21.5. The van der Waals surface area contributed by atoms with Crippen LogP contribution in [0.3, 0.4) is 0 Å². The number of hydrogen-bond donors (Lipinski definition) is 2. The number of para-hydroxylation sites is 1. The van der Waals surface area contributed by atoms with Crippen LogP contribution in [-0.4, -0.2) is 30.8 Å². The lowest BCUT2D eigenvalue weighted by Gasteiger charge is -2.57. The van der Waals surface area contributed by atoms with Crippen LogP contribution in [0, 0.1) is 5.41 Å². The summed E-state index contributed by atoms with van der Waals surface area (Å²) >= 11 is 0. The predicted molar refractivity (Wildman–Crippen MR) is 102 cm³/mol. The second-order valence-corrected chi connectivity index (χ2v) is 6.73. The van der Waals surface area contributed by atoms with E-state index in [0.717, 1.165) is 11.3 Å². The van der Waals surface area contributed by atoms with Crippen molar-refractivity contribution in [2.24, 2.45) is 11.1 Å². The number of benzene rings is 1. The Labute approximate surface area is 156 Å². The van der Waals surface area contributed by atoms with E-state index in [1.807, 2.05) is 45.0 Å². The van der Waals surface area contributed by atoms with E-state index >= 15 is 0 Å². The zero-order valence-electron chi connectivity index (χ0n) is 15.2. The molecular formula is C19H29ClN2O3. The monoisotopic (exact) mass is 368 g/mol. The Morgan fingerprint density at radius 1 is 1.44 bits per heavy atom. The van der Waals surface area contributed by atoms with Crippen molar-refractivity contribution in [1.82, 2.24) is 5.32 Å². The zero-order chi connectivity index (χ0) is 17.8. The smallest absolute Gasteiger partial charge is 0.241 e. The Morgan fingerprint density at radius 2 is 2.12 bits per heavy atom. The molecule has 0 aliphatic heterocycles. The summed E-state index contributed by atoms with van der Waals surface area (Å²) in [6.45, 7) is 11.0. The van der Waals surface area contributed by atoms with E-state index in [2.05, 4.69) is 11.9 Å². The second-order valence-electron chi connectivity index (χ2n) is 6.73. The van der Waals surface area contributed by atoms with Gasteiger partial charge in [-0.2, -0.15) is 0 Å². The maximum atomic E-state index is 12.7. The number of nitrogens with one attached hydrogen (secondary N) is 1. The molecule has 0 heterocycles. The van der Waals surface area contributed by atoms with Gasteiger partial charge in [0.1, 0.15) is 17.9 Å². The van der Waals surface area contributed by atoms with Crippen LogP contribution in [0.1, 0.15) is 32.8 Å². The quantitative estimate of drug-likeness (QED) is 0.692. The van der Waals surface area contributed by atoms with E-state index in [4.69, 9.17) is 15.2 Å². The first-order valence-corrected chi connectivity index (χ1v) is 8.37. The summed E-state index contributed by atoms with van der Waals surface area (Å²) in [5.41, 5.74) is 5.99. The van der Waals surface area contributed by atoms with Gasteiger partial charge in [-0.05, 0) is 13.0 Å². The highest BCUT2D eigenvalue weighted by Gasteiger charge is 2.62. The average molecular weight is 369 g/mol. The fourth-order valence-corrected chi connectivity index (χ4v) is 3.09. The van der Waals surface area contributed by atoms with Gasteiger partial charge in [-0.3, -0.25) is 4.79 Å². The molecule has 0 bridgehead atoms. The van der Waals surface area contributed by atoms with Crippen LogP contribution in [0.2, 0.25) is 0 Å². The highest BCUT2D eigenvalue weighted by molar-refractivity contribution is 5.88. The zero-order valence-corrected chi connectivity index (χ0v) is 16.0. The normalized spacial score (nSPS) is 23.8. The summed E-state index contributed by atoms with van der Waals surface area (Å²) in [5, 5.41) is 2.95. The summed E-state index contributed by atoms with van der Waals surface area (Å²) in [6, 6.07) is 7.62. The number of halogens is 1. The molecule has 1 aliphatic rings. The molecule has 1 saturated carbocycles. The molecule has 1 aromatic carbocycles. The third-order valence-corrected chi connectivity index (χ3v) is 5.00. The number of rotatable bonds is 8. The van der Waals surface area contributed by atoms with E-state index < -0.39 is 11.0 Å². The fraction of sp³-hybridized carbons (Fsp3) is 0.526. The molecule has 2 atom stereocenters. The van der Waals surface area contributed by atoms with Gasteiger partial charge in [-0.15, -0.1) is 12.4 Å². The molecule has 3 N–H and O–H groups in total.